The van der Waals surface area contributed by atoms with Gasteiger partial charge in [0.05, 0.1) is 29.4 Å². The molecule has 8 nitrogen and oxygen atoms in total. The Kier molecular flexibility index (Phi) is 7.28. The van der Waals surface area contributed by atoms with Crippen LogP contribution >= 0.6 is 0 Å². The second-order valence-electron chi connectivity index (χ2n) is 9.66. The molecule has 2 aliphatic rings. The molecule has 2 amide bonds. The molecule has 3 N–H and O–H groups in total. The van der Waals surface area contributed by atoms with Gasteiger partial charge in [-0.1, -0.05) is 18.2 Å². The molecular formula is C28H34N6O2. The lowest BCUT2D eigenvalue weighted by atomic mass is 10.0. The number of para-hydroxylation sites is 1. The van der Waals surface area contributed by atoms with E-state index >= 15 is 0 Å². The molecule has 188 valence electrons. The third-order valence-corrected chi connectivity index (χ3v) is 7.23. The number of primary amides is 1. The Hall–Kier alpha value is -3.70. The predicted molar refractivity (Wildman–Crippen MR) is 143 cm³/mol. The quantitative estimate of drug-likeness (QED) is 0.485. The number of amides is 2. The molecule has 1 aromatic heterocycles. The monoisotopic (exact) mass is 486 g/mol. The molecule has 0 atom stereocenters. The van der Waals surface area contributed by atoms with Crippen LogP contribution in [-0.4, -0.2) is 54.8 Å². The number of ether oxygens (including phenoxy) is 1. The zero-order valence-electron chi connectivity index (χ0n) is 20.7. The Balaban J connectivity index is 1.18. The highest BCUT2D eigenvalue weighted by Gasteiger charge is 2.21. The van der Waals surface area contributed by atoms with Gasteiger partial charge in [-0.15, -0.1) is 0 Å². The van der Waals surface area contributed by atoms with Crippen molar-refractivity contribution in [3.8, 4) is 11.8 Å². The van der Waals surface area contributed by atoms with Crippen LogP contribution in [0.5, 0.6) is 5.75 Å². The van der Waals surface area contributed by atoms with Crippen molar-refractivity contribution in [2.75, 3.05) is 49.5 Å². The van der Waals surface area contributed by atoms with Crippen LogP contribution in [0.4, 0.5) is 16.3 Å². The molecule has 0 unspecified atom stereocenters. The maximum Gasteiger partial charge on any atom is 0.317 e. The van der Waals surface area contributed by atoms with Gasteiger partial charge in [-0.3, -0.25) is 5.32 Å². The number of anilines is 2. The first-order valence-corrected chi connectivity index (χ1v) is 12.9. The Labute approximate surface area is 212 Å². The minimum Gasteiger partial charge on any atom is -0.491 e. The lowest BCUT2D eigenvalue weighted by molar-refractivity contribution is 0.259. The van der Waals surface area contributed by atoms with Gasteiger partial charge in [-0.2, -0.15) is 5.26 Å². The zero-order valence-corrected chi connectivity index (χ0v) is 20.7. The fourth-order valence-corrected chi connectivity index (χ4v) is 5.46. The highest BCUT2D eigenvalue weighted by atomic mass is 16.5. The molecule has 3 heterocycles. The molecule has 0 bridgehead atoms. The first kappa shape index (κ1) is 24.0. The number of hydrogen-bond acceptors (Lipinski definition) is 5. The van der Waals surface area contributed by atoms with Crippen molar-refractivity contribution in [1.29, 1.82) is 5.26 Å². The van der Waals surface area contributed by atoms with Crippen LogP contribution in [0.2, 0.25) is 0 Å². The highest BCUT2D eigenvalue weighted by Crippen LogP contribution is 2.36. The summed E-state index contributed by atoms with van der Waals surface area (Å²) in [6.07, 6.45) is 5.36. The fraction of sp³-hybridized carbons (Fsp3) is 0.429. The minimum absolute atomic E-state index is 0.584. The van der Waals surface area contributed by atoms with Crippen LogP contribution < -0.4 is 20.7 Å². The third kappa shape index (κ3) is 5.26. The van der Waals surface area contributed by atoms with E-state index in [9.17, 15) is 10.1 Å². The van der Waals surface area contributed by atoms with Crippen molar-refractivity contribution < 1.29 is 9.53 Å². The van der Waals surface area contributed by atoms with Crippen molar-refractivity contribution in [3.63, 3.8) is 0 Å². The number of nitriles is 1. The Morgan fingerprint density at radius 2 is 1.94 bits per heavy atom. The Morgan fingerprint density at radius 1 is 1.06 bits per heavy atom. The molecule has 3 aromatic rings. The van der Waals surface area contributed by atoms with Gasteiger partial charge in [0.15, 0.2) is 0 Å². The maximum absolute atomic E-state index is 11.5. The van der Waals surface area contributed by atoms with E-state index in [2.05, 4.69) is 44.0 Å². The van der Waals surface area contributed by atoms with E-state index in [-0.39, 0.29) is 0 Å². The largest absolute Gasteiger partial charge is 0.491 e. The van der Waals surface area contributed by atoms with Gasteiger partial charge in [0.25, 0.3) is 0 Å². The number of benzene rings is 2. The van der Waals surface area contributed by atoms with Crippen LogP contribution in [0.1, 0.15) is 36.8 Å². The van der Waals surface area contributed by atoms with Crippen LogP contribution in [0.15, 0.2) is 42.5 Å². The number of unbranched alkanes of at least 4 members (excludes halogenated alkanes) is 1. The first-order chi connectivity index (χ1) is 17.6. The molecule has 1 saturated heterocycles. The van der Waals surface area contributed by atoms with E-state index in [1.807, 2.05) is 18.2 Å². The smallest absolute Gasteiger partial charge is 0.317 e. The summed E-state index contributed by atoms with van der Waals surface area (Å²) in [6.45, 7) is 6.80. The summed E-state index contributed by atoms with van der Waals surface area (Å²) in [7, 11) is 0. The Morgan fingerprint density at radius 3 is 2.81 bits per heavy atom. The third-order valence-electron chi connectivity index (χ3n) is 7.23. The van der Waals surface area contributed by atoms with Crippen molar-refractivity contribution in [1.82, 2.24) is 9.47 Å². The second kappa shape index (κ2) is 10.9. The van der Waals surface area contributed by atoms with E-state index in [4.69, 9.17) is 10.5 Å². The van der Waals surface area contributed by atoms with Crippen molar-refractivity contribution in [2.24, 2.45) is 5.73 Å². The molecule has 5 rings (SSSR count). The molecule has 0 saturated carbocycles. The normalized spacial score (nSPS) is 16.1. The van der Waals surface area contributed by atoms with Crippen LogP contribution in [-0.2, 0) is 13.0 Å². The summed E-state index contributed by atoms with van der Waals surface area (Å²) >= 11 is 0. The van der Waals surface area contributed by atoms with Gasteiger partial charge >= 0.3 is 6.03 Å². The number of urea groups is 1. The lowest BCUT2D eigenvalue weighted by Crippen LogP contribution is -2.32. The number of nitrogens with one attached hydrogen (secondary N) is 1. The van der Waals surface area contributed by atoms with E-state index < -0.39 is 6.03 Å². The SMILES string of the molecule is N#Cc1ccc2cc(NC(N)=O)n(CCCCN3CCCN(c4cccc5c4OCCC5)CC3)c2c1. The number of carbonyl (C=O) groups is 1. The molecule has 1 fully saturated rings. The standard InChI is InChI=1S/C28H34N6O2/c29-20-21-9-10-23-19-26(31-28(30)35)34(25(23)18-21)14-2-1-11-32-12-5-13-33(16-15-32)24-8-3-6-22-7-4-17-36-27(22)24/h3,6,8-10,18-19H,1-2,4-5,7,11-17H2,(H3,30,31,35). The average molecular weight is 487 g/mol. The first-order valence-electron chi connectivity index (χ1n) is 12.9. The topological polar surface area (TPSA) is 99.5 Å². The van der Waals surface area contributed by atoms with Gasteiger partial charge in [0, 0.05) is 31.6 Å². The minimum atomic E-state index is -0.584. The van der Waals surface area contributed by atoms with Gasteiger partial charge in [0.1, 0.15) is 11.6 Å². The lowest BCUT2D eigenvalue weighted by Gasteiger charge is -2.28. The molecule has 0 aliphatic carbocycles. The number of nitrogens with two attached hydrogens (primary N) is 1. The number of aromatic nitrogens is 1. The average Bonchev–Trinajstić information content (AvgIpc) is 3.05. The van der Waals surface area contributed by atoms with Crippen LogP contribution in [0.25, 0.3) is 10.9 Å². The number of fused-ring (bicyclic) bond motifs is 2. The summed E-state index contributed by atoms with van der Waals surface area (Å²) < 4.78 is 8.12. The Bertz CT molecular complexity index is 1280. The van der Waals surface area contributed by atoms with Crippen molar-refractivity contribution in [3.05, 3.63) is 53.6 Å². The van der Waals surface area contributed by atoms with Gasteiger partial charge in [0.2, 0.25) is 0 Å². The van der Waals surface area contributed by atoms with Gasteiger partial charge < -0.3 is 24.8 Å². The van der Waals surface area contributed by atoms with Gasteiger partial charge in [-0.25, -0.2) is 4.79 Å². The number of rotatable bonds is 7. The number of hydrogen-bond donors (Lipinski definition) is 2. The van der Waals surface area contributed by atoms with E-state index in [0.29, 0.717) is 11.4 Å². The highest BCUT2D eigenvalue weighted by molar-refractivity contribution is 5.93. The zero-order chi connectivity index (χ0) is 24.9. The number of aryl methyl sites for hydroxylation is 2. The molecule has 0 spiro atoms. The second-order valence-corrected chi connectivity index (χ2v) is 9.66. The summed E-state index contributed by atoms with van der Waals surface area (Å²) in [5, 5.41) is 13.0. The predicted octanol–water partition coefficient (Wildman–Crippen LogP) is 4.32. The van der Waals surface area contributed by atoms with Crippen molar-refractivity contribution in [2.45, 2.75) is 38.6 Å². The summed E-state index contributed by atoms with van der Waals surface area (Å²) in [6, 6.07) is 15.7. The molecular weight excluding hydrogens is 452 g/mol. The number of carbonyl (C=O) groups excluding carboxylic acids is 1. The van der Waals surface area contributed by atoms with E-state index in [1.165, 1.54) is 11.3 Å². The fourth-order valence-electron chi connectivity index (χ4n) is 5.46. The van der Waals surface area contributed by atoms with Gasteiger partial charge in [-0.05, 0) is 75.0 Å². The molecule has 0 radical (unpaired) electrons. The van der Waals surface area contributed by atoms with Crippen LogP contribution in [0.3, 0.4) is 0 Å². The molecule has 36 heavy (non-hydrogen) atoms. The maximum atomic E-state index is 11.5. The molecule has 2 aromatic carbocycles. The van der Waals surface area contributed by atoms with Crippen molar-refractivity contribution >= 4 is 28.4 Å². The molecule has 8 heteroatoms. The molecule has 2 aliphatic heterocycles. The summed E-state index contributed by atoms with van der Waals surface area (Å²) in [4.78, 5) is 16.6. The number of nitrogens with zero attached hydrogens (tertiary/aromatic N) is 4. The van der Waals surface area contributed by atoms with E-state index in [0.717, 1.165) is 94.6 Å². The van der Waals surface area contributed by atoms with E-state index in [1.54, 1.807) is 6.07 Å². The van der Waals surface area contributed by atoms with Crippen LogP contribution in [0, 0.1) is 11.3 Å². The summed E-state index contributed by atoms with van der Waals surface area (Å²) in [5.74, 6) is 1.77. The summed E-state index contributed by atoms with van der Waals surface area (Å²) in [5.41, 5.74) is 9.53.